The van der Waals surface area contributed by atoms with E-state index < -0.39 is 23.7 Å². The van der Waals surface area contributed by atoms with Crippen LogP contribution in [0.5, 0.6) is 5.75 Å². The first-order valence-electron chi connectivity index (χ1n) is 8.74. The average Bonchev–Trinajstić information content (AvgIpc) is 3.25. The van der Waals surface area contributed by atoms with Gasteiger partial charge in [0.15, 0.2) is 0 Å². The van der Waals surface area contributed by atoms with E-state index in [1.807, 2.05) is 20.8 Å². The molecule has 1 aliphatic rings. The Morgan fingerprint density at radius 3 is 2.31 bits per heavy atom. The molecule has 11 heteroatoms. The molecular weight excluding hydrogens is 398 g/mol. The quantitative estimate of drug-likeness (QED) is 0.679. The number of nitrogens with zero attached hydrogens (tertiary/aromatic N) is 3. The smallest absolute Gasteiger partial charge is 0.471 e. The molecule has 0 radical (unpaired) electrons. The number of rotatable bonds is 1. The van der Waals surface area contributed by atoms with E-state index in [1.165, 1.54) is 0 Å². The predicted octanol–water partition coefficient (Wildman–Crippen LogP) is 4.62. The summed E-state index contributed by atoms with van der Waals surface area (Å²) in [6.45, 7) is 7.38. The van der Waals surface area contributed by atoms with E-state index in [0.717, 1.165) is 44.1 Å². The molecule has 1 fully saturated rings. The number of ether oxygens (including phenoxy) is 1. The fourth-order valence-electron chi connectivity index (χ4n) is 2.36. The SMILES string of the molecule is CC(C)(C)OC(=O)N1CCCC1.Oc1ccc(-c2noc(C(F)(F)F)n2)c(F)c1. The van der Waals surface area contributed by atoms with Gasteiger partial charge in [0, 0.05) is 19.2 Å². The summed E-state index contributed by atoms with van der Waals surface area (Å²) in [6.07, 6.45) is -2.73. The summed E-state index contributed by atoms with van der Waals surface area (Å²) in [5.74, 6) is -3.39. The van der Waals surface area contributed by atoms with Crippen LogP contribution in [-0.2, 0) is 10.9 Å². The number of likely N-dealkylation sites (tertiary alicyclic amines) is 1. The number of halogens is 4. The van der Waals surface area contributed by atoms with Crippen molar-refractivity contribution in [2.45, 2.75) is 45.4 Å². The maximum Gasteiger partial charge on any atom is 0.471 e. The standard InChI is InChI=1S/C9H4F4N2O2.C9H17NO2/c10-6-3-4(16)1-2-5(6)7-14-8(17-15-7)9(11,12)13;1-9(2,3)12-8(11)10-6-4-5-7-10/h1-3,16H;4-7H2,1-3H3. The van der Waals surface area contributed by atoms with Crippen LogP contribution in [-0.4, -0.2) is 44.9 Å². The molecule has 0 atom stereocenters. The monoisotopic (exact) mass is 419 g/mol. The molecule has 0 saturated carbocycles. The molecule has 160 valence electrons. The minimum atomic E-state index is -4.78. The lowest BCUT2D eigenvalue weighted by atomic mass is 10.2. The molecule has 1 aliphatic heterocycles. The molecule has 0 bridgehead atoms. The van der Waals surface area contributed by atoms with E-state index in [1.54, 1.807) is 4.90 Å². The highest BCUT2D eigenvalue weighted by atomic mass is 19.4. The molecule has 0 aliphatic carbocycles. The Labute approximate surface area is 164 Å². The van der Waals surface area contributed by atoms with Crippen molar-refractivity contribution >= 4 is 6.09 Å². The number of aromatic nitrogens is 2. The molecule has 0 spiro atoms. The van der Waals surface area contributed by atoms with Gasteiger partial charge in [0.25, 0.3) is 0 Å². The maximum absolute atomic E-state index is 13.3. The lowest BCUT2D eigenvalue weighted by Crippen LogP contribution is -2.34. The van der Waals surface area contributed by atoms with E-state index in [9.17, 15) is 22.4 Å². The van der Waals surface area contributed by atoms with Gasteiger partial charge in [0.05, 0.1) is 5.56 Å². The fourth-order valence-corrected chi connectivity index (χ4v) is 2.36. The van der Waals surface area contributed by atoms with Crippen molar-refractivity contribution in [2.75, 3.05) is 13.1 Å². The summed E-state index contributed by atoms with van der Waals surface area (Å²) in [4.78, 5) is 16.2. The average molecular weight is 419 g/mol. The van der Waals surface area contributed by atoms with E-state index in [-0.39, 0.29) is 23.0 Å². The first-order valence-corrected chi connectivity index (χ1v) is 8.74. The summed E-state index contributed by atoms with van der Waals surface area (Å²) in [5.41, 5.74) is -0.651. The van der Waals surface area contributed by atoms with Crippen LogP contribution in [0.4, 0.5) is 22.4 Å². The number of aromatic hydroxyl groups is 1. The van der Waals surface area contributed by atoms with E-state index in [4.69, 9.17) is 9.84 Å². The highest BCUT2D eigenvalue weighted by molar-refractivity contribution is 5.68. The highest BCUT2D eigenvalue weighted by Crippen LogP contribution is 2.30. The Hall–Kier alpha value is -2.85. The first-order chi connectivity index (χ1) is 13.4. The number of phenolic OH excluding ortho intramolecular Hbond substituents is 1. The van der Waals surface area contributed by atoms with Crippen LogP contribution in [0.3, 0.4) is 0 Å². The van der Waals surface area contributed by atoms with Gasteiger partial charge >= 0.3 is 18.2 Å². The largest absolute Gasteiger partial charge is 0.508 e. The lowest BCUT2D eigenvalue weighted by molar-refractivity contribution is -0.159. The maximum atomic E-state index is 13.3. The molecule has 1 N–H and O–H groups in total. The van der Waals surface area contributed by atoms with Crippen LogP contribution >= 0.6 is 0 Å². The van der Waals surface area contributed by atoms with E-state index in [2.05, 4.69) is 14.7 Å². The molecule has 2 aromatic rings. The predicted molar refractivity (Wildman–Crippen MR) is 93.4 cm³/mol. The van der Waals surface area contributed by atoms with Crippen LogP contribution < -0.4 is 0 Å². The summed E-state index contributed by atoms with van der Waals surface area (Å²) < 4.78 is 58.9. The third kappa shape index (κ3) is 6.61. The molecule has 7 nitrogen and oxygen atoms in total. The molecule has 2 heterocycles. The van der Waals surface area contributed by atoms with Crippen molar-refractivity contribution in [3.05, 3.63) is 29.9 Å². The van der Waals surface area contributed by atoms with Crippen LogP contribution in [0.25, 0.3) is 11.4 Å². The number of phenols is 1. The fraction of sp³-hybridized carbons (Fsp3) is 0.500. The van der Waals surface area contributed by atoms with Crippen molar-refractivity contribution in [1.82, 2.24) is 15.0 Å². The molecular formula is C18H21F4N3O4. The second-order valence-corrected chi connectivity index (χ2v) is 7.26. The Bertz CT molecular complexity index is 840. The molecule has 0 unspecified atom stereocenters. The van der Waals surface area contributed by atoms with Gasteiger partial charge in [0.1, 0.15) is 17.2 Å². The molecule has 3 rings (SSSR count). The van der Waals surface area contributed by atoms with Crippen LogP contribution in [0.1, 0.15) is 39.5 Å². The Kier molecular flexibility index (Phi) is 6.70. The van der Waals surface area contributed by atoms with Gasteiger partial charge in [-0.2, -0.15) is 18.2 Å². The highest BCUT2D eigenvalue weighted by Gasteiger charge is 2.38. The van der Waals surface area contributed by atoms with Crippen molar-refractivity contribution in [3.8, 4) is 17.1 Å². The Balaban J connectivity index is 0.000000221. The van der Waals surface area contributed by atoms with Gasteiger partial charge in [0.2, 0.25) is 5.82 Å². The third-order valence-electron chi connectivity index (χ3n) is 3.62. The van der Waals surface area contributed by atoms with Gasteiger partial charge in [-0.15, -0.1) is 0 Å². The Morgan fingerprint density at radius 1 is 1.21 bits per heavy atom. The topological polar surface area (TPSA) is 88.7 Å². The second kappa shape index (κ2) is 8.66. The van der Waals surface area contributed by atoms with Crippen molar-refractivity contribution in [3.63, 3.8) is 0 Å². The van der Waals surface area contributed by atoms with Gasteiger partial charge in [-0.1, -0.05) is 5.16 Å². The van der Waals surface area contributed by atoms with Gasteiger partial charge in [-0.05, 0) is 45.7 Å². The zero-order chi connectivity index (χ0) is 21.8. The van der Waals surface area contributed by atoms with Crippen LogP contribution in [0, 0.1) is 5.82 Å². The number of amides is 1. The third-order valence-corrected chi connectivity index (χ3v) is 3.62. The number of hydrogen-bond acceptors (Lipinski definition) is 6. The lowest BCUT2D eigenvalue weighted by Gasteiger charge is -2.23. The zero-order valence-corrected chi connectivity index (χ0v) is 16.1. The normalized spacial score (nSPS) is 14.4. The second-order valence-electron chi connectivity index (χ2n) is 7.26. The van der Waals surface area contributed by atoms with Crippen molar-refractivity contribution in [2.24, 2.45) is 0 Å². The van der Waals surface area contributed by atoms with Crippen LogP contribution in [0.15, 0.2) is 22.7 Å². The summed E-state index contributed by atoms with van der Waals surface area (Å²) >= 11 is 0. The molecule has 1 aromatic carbocycles. The number of alkyl halides is 3. The molecule has 1 aromatic heterocycles. The summed E-state index contributed by atoms with van der Waals surface area (Å²) in [5, 5.41) is 12.0. The van der Waals surface area contributed by atoms with Gasteiger partial charge in [-0.3, -0.25) is 0 Å². The minimum absolute atomic E-state index is 0.167. The number of carbonyl (C=O) groups is 1. The molecule has 29 heavy (non-hydrogen) atoms. The van der Waals surface area contributed by atoms with Gasteiger partial charge < -0.3 is 19.3 Å². The zero-order valence-electron chi connectivity index (χ0n) is 16.1. The van der Waals surface area contributed by atoms with E-state index in [0.29, 0.717) is 0 Å². The number of carbonyl (C=O) groups excluding carboxylic acids is 1. The first kappa shape index (κ1) is 22.4. The molecule has 1 amide bonds. The molecule has 1 saturated heterocycles. The van der Waals surface area contributed by atoms with E-state index >= 15 is 0 Å². The minimum Gasteiger partial charge on any atom is -0.508 e. The van der Waals surface area contributed by atoms with Gasteiger partial charge in [-0.25, -0.2) is 9.18 Å². The number of benzene rings is 1. The summed E-state index contributed by atoms with van der Waals surface area (Å²) in [6, 6.07) is 2.89. The summed E-state index contributed by atoms with van der Waals surface area (Å²) in [7, 11) is 0. The van der Waals surface area contributed by atoms with Crippen LogP contribution in [0.2, 0.25) is 0 Å². The Morgan fingerprint density at radius 2 is 1.83 bits per heavy atom. The van der Waals surface area contributed by atoms with Crippen molar-refractivity contribution in [1.29, 1.82) is 0 Å². The number of hydrogen-bond donors (Lipinski definition) is 1. The van der Waals surface area contributed by atoms with Crippen molar-refractivity contribution < 1.29 is 36.7 Å².